The van der Waals surface area contributed by atoms with E-state index in [1.165, 1.54) is 38.5 Å². The van der Waals surface area contributed by atoms with Crippen LogP contribution in [0, 0.1) is 0 Å². The second-order valence-corrected chi connectivity index (χ2v) is 9.47. The molecule has 3 aromatic heterocycles. The molecule has 4 rings (SSSR count). The quantitative estimate of drug-likeness (QED) is 0.273. The number of fused-ring (bicyclic) bond motifs is 1. The number of hydrogen-bond acceptors (Lipinski definition) is 6. The zero-order chi connectivity index (χ0) is 20.4. The second-order valence-electron chi connectivity index (χ2n) is 6.21. The summed E-state index contributed by atoms with van der Waals surface area (Å²) in [7, 11) is 3.10. The van der Waals surface area contributed by atoms with Crippen molar-refractivity contribution in [1.29, 1.82) is 0 Å². The van der Waals surface area contributed by atoms with Crippen LogP contribution in [-0.4, -0.2) is 20.2 Å². The van der Waals surface area contributed by atoms with Gasteiger partial charge in [-0.2, -0.15) is 4.57 Å². The molecular weight excluding hydrogens is 422 g/mol. The van der Waals surface area contributed by atoms with Crippen LogP contribution in [0.15, 0.2) is 42.5 Å². The topological polar surface area (TPSA) is 39.4 Å². The number of thiophene rings is 2. The third-order valence-electron chi connectivity index (χ3n) is 4.51. The van der Waals surface area contributed by atoms with E-state index in [9.17, 15) is 4.79 Å². The molecule has 0 spiro atoms. The highest BCUT2D eigenvalue weighted by Crippen LogP contribution is 2.35. The molecule has 3 heterocycles. The van der Waals surface area contributed by atoms with Gasteiger partial charge in [-0.3, -0.25) is 0 Å². The van der Waals surface area contributed by atoms with Crippen molar-refractivity contribution in [2.75, 3.05) is 14.2 Å². The normalized spacial score (nSPS) is 11.4. The SMILES string of the molecule is CC[n+]1c(/C=C/c2ccc(-c3ccc(C(=O)OC)s3)s2)sc2cc(OC)ccc21. The average molecular weight is 443 g/mol. The van der Waals surface area contributed by atoms with Crippen molar-refractivity contribution in [2.45, 2.75) is 13.5 Å². The number of thiazole rings is 1. The number of aromatic nitrogens is 1. The van der Waals surface area contributed by atoms with Gasteiger partial charge in [-0.1, -0.05) is 11.3 Å². The highest BCUT2D eigenvalue weighted by molar-refractivity contribution is 7.23. The summed E-state index contributed by atoms with van der Waals surface area (Å²) in [6, 6.07) is 14.2. The lowest BCUT2D eigenvalue weighted by atomic mass is 10.3. The van der Waals surface area contributed by atoms with Crippen LogP contribution in [-0.2, 0) is 11.3 Å². The van der Waals surface area contributed by atoms with Crippen LogP contribution < -0.4 is 9.30 Å². The summed E-state index contributed by atoms with van der Waals surface area (Å²) in [6.45, 7) is 3.07. The van der Waals surface area contributed by atoms with Crippen molar-refractivity contribution >= 4 is 62.3 Å². The molecular formula is C22H20NO3S3+. The summed E-state index contributed by atoms with van der Waals surface area (Å²) >= 11 is 4.93. The van der Waals surface area contributed by atoms with Crippen LogP contribution in [0.2, 0.25) is 0 Å². The molecule has 148 valence electrons. The van der Waals surface area contributed by atoms with Gasteiger partial charge >= 0.3 is 5.97 Å². The predicted molar refractivity (Wildman–Crippen MR) is 122 cm³/mol. The molecule has 0 fully saturated rings. The largest absolute Gasteiger partial charge is 0.497 e. The minimum atomic E-state index is -0.288. The Morgan fingerprint density at radius 3 is 2.55 bits per heavy atom. The number of benzene rings is 1. The van der Waals surface area contributed by atoms with E-state index in [0.29, 0.717) is 4.88 Å². The molecule has 0 aliphatic carbocycles. The first kappa shape index (κ1) is 19.8. The maximum absolute atomic E-state index is 11.7. The van der Waals surface area contributed by atoms with E-state index >= 15 is 0 Å². The van der Waals surface area contributed by atoms with Crippen molar-refractivity contribution in [2.24, 2.45) is 0 Å². The van der Waals surface area contributed by atoms with Crippen molar-refractivity contribution in [3.63, 3.8) is 0 Å². The Bertz CT molecular complexity index is 1200. The summed E-state index contributed by atoms with van der Waals surface area (Å²) < 4.78 is 13.7. The first-order valence-electron chi connectivity index (χ1n) is 9.09. The zero-order valence-electron chi connectivity index (χ0n) is 16.3. The van der Waals surface area contributed by atoms with Crippen molar-refractivity contribution in [1.82, 2.24) is 0 Å². The molecule has 29 heavy (non-hydrogen) atoms. The van der Waals surface area contributed by atoms with Gasteiger partial charge < -0.3 is 9.47 Å². The molecule has 0 atom stereocenters. The van der Waals surface area contributed by atoms with Gasteiger partial charge in [-0.25, -0.2) is 4.79 Å². The van der Waals surface area contributed by atoms with Gasteiger partial charge in [0, 0.05) is 32.8 Å². The standard InChI is InChI=1S/C22H20NO3S3/c1-4-23-16-8-5-14(25-2)13-20(16)29-21(23)12-7-15-6-9-17(27-15)18-10-11-19(28-18)22(24)26-3/h5-13H,4H2,1-3H3/q+1/b12-7+. The number of esters is 1. The summed E-state index contributed by atoms with van der Waals surface area (Å²) in [5, 5.41) is 1.20. The predicted octanol–water partition coefficient (Wildman–Crippen LogP) is 5.96. The van der Waals surface area contributed by atoms with Gasteiger partial charge in [-0.05, 0) is 43.3 Å². The maximum Gasteiger partial charge on any atom is 0.348 e. The molecule has 0 aliphatic heterocycles. The Hall–Kier alpha value is -2.48. The summed E-state index contributed by atoms with van der Waals surface area (Å²) in [4.78, 5) is 15.7. The highest BCUT2D eigenvalue weighted by atomic mass is 32.1. The second kappa shape index (κ2) is 8.49. The number of nitrogens with zero attached hydrogens (tertiary/aromatic N) is 1. The van der Waals surface area contributed by atoms with Gasteiger partial charge in [0.1, 0.15) is 21.9 Å². The van der Waals surface area contributed by atoms with E-state index in [1.807, 2.05) is 18.2 Å². The number of ether oxygens (including phenoxy) is 2. The van der Waals surface area contributed by atoms with E-state index in [1.54, 1.807) is 29.8 Å². The van der Waals surface area contributed by atoms with Crippen LogP contribution >= 0.6 is 34.0 Å². The molecule has 4 aromatic rings. The van der Waals surface area contributed by atoms with Crippen molar-refractivity contribution in [3.05, 3.63) is 57.2 Å². The maximum atomic E-state index is 11.7. The van der Waals surface area contributed by atoms with E-state index in [-0.39, 0.29) is 5.97 Å². The Kier molecular flexibility index (Phi) is 5.80. The zero-order valence-corrected chi connectivity index (χ0v) is 18.7. The lowest BCUT2D eigenvalue weighted by molar-refractivity contribution is -0.665. The summed E-state index contributed by atoms with van der Waals surface area (Å²) in [5.74, 6) is 0.589. The number of methoxy groups -OCH3 is 2. The first-order valence-corrected chi connectivity index (χ1v) is 11.5. The Morgan fingerprint density at radius 2 is 1.79 bits per heavy atom. The van der Waals surface area contributed by atoms with Gasteiger partial charge in [0.15, 0.2) is 0 Å². The van der Waals surface area contributed by atoms with Crippen LogP contribution in [0.1, 0.15) is 26.5 Å². The van der Waals surface area contributed by atoms with Crippen LogP contribution in [0.4, 0.5) is 0 Å². The molecule has 0 aliphatic rings. The number of aryl methyl sites for hydroxylation is 1. The van der Waals surface area contributed by atoms with E-state index in [0.717, 1.165) is 22.0 Å². The average Bonchev–Trinajstić information content (AvgIpc) is 3.48. The summed E-state index contributed by atoms with van der Waals surface area (Å²) in [5.41, 5.74) is 1.22. The van der Waals surface area contributed by atoms with E-state index in [4.69, 9.17) is 9.47 Å². The number of carbonyl (C=O) groups is 1. The fourth-order valence-corrected chi connectivity index (χ4v) is 6.15. The first-order chi connectivity index (χ1) is 14.1. The van der Waals surface area contributed by atoms with Gasteiger partial charge in [0.05, 0.1) is 14.2 Å². The molecule has 7 heteroatoms. The third-order valence-corrected chi connectivity index (χ3v) is 7.93. The Labute approximate surface area is 181 Å². The third kappa shape index (κ3) is 3.99. The van der Waals surface area contributed by atoms with Gasteiger partial charge in [0.2, 0.25) is 5.52 Å². The minimum absolute atomic E-state index is 0.288. The lowest BCUT2D eigenvalue weighted by Crippen LogP contribution is -2.33. The monoisotopic (exact) mass is 442 g/mol. The number of rotatable bonds is 6. The lowest BCUT2D eigenvalue weighted by Gasteiger charge is -1.96. The number of hydrogen-bond donors (Lipinski definition) is 0. The van der Waals surface area contributed by atoms with E-state index < -0.39 is 0 Å². The molecule has 0 bridgehead atoms. The Morgan fingerprint density at radius 1 is 1.00 bits per heavy atom. The van der Waals surface area contributed by atoms with Crippen LogP contribution in [0.3, 0.4) is 0 Å². The van der Waals surface area contributed by atoms with Crippen LogP contribution in [0.25, 0.3) is 32.1 Å². The minimum Gasteiger partial charge on any atom is -0.497 e. The van der Waals surface area contributed by atoms with Crippen molar-refractivity contribution < 1.29 is 18.8 Å². The summed E-state index contributed by atoms with van der Waals surface area (Å²) in [6.07, 6.45) is 4.32. The molecule has 0 saturated carbocycles. The Balaban J connectivity index is 1.60. The van der Waals surface area contributed by atoms with E-state index in [2.05, 4.69) is 47.9 Å². The fraction of sp³-hybridized carbons (Fsp3) is 0.182. The molecule has 0 amide bonds. The molecule has 0 saturated heterocycles. The highest BCUT2D eigenvalue weighted by Gasteiger charge is 2.17. The van der Waals surface area contributed by atoms with Crippen LogP contribution in [0.5, 0.6) is 5.75 Å². The molecule has 0 unspecified atom stereocenters. The number of carbonyl (C=O) groups excluding carboxylic acids is 1. The van der Waals surface area contributed by atoms with Gasteiger partial charge in [0.25, 0.3) is 5.01 Å². The molecule has 1 aromatic carbocycles. The molecule has 4 nitrogen and oxygen atoms in total. The van der Waals surface area contributed by atoms with Crippen molar-refractivity contribution in [3.8, 4) is 15.5 Å². The smallest absolute Gasteiger partial charge is 0.348 e. The van der Waals surface area contributed by atoms with Gasteiger partial charge in [-0.15, -0.1) is 22.7 Å². The molecule has 0 N–H and O–H groups in total. The molecule has 0 radical (unpaired) electrons. The fourth-order valence-electron chi connectivity index (χ4n) is 3.07.